The quantitative estimate of drug-likeness (QED) is 0.201. The van der Waals surface area contributed by atoms with Gasteiger partial charge in [0.05, 0.1) is 15.9 Å². The molecule has 1 aliphatic rings. The molecule has 0 aliphatic carbocycles. The number of thioether (sulfide) groups is 1. The minimum Gasteiger partial charge on any atom is -0.396 e. The Morgan fingerprint density at radius 1 is 1.02 bits per heavy atom. The van der Waals surface area contributed by atoms with E-state index >= 15 is 8.78 Å². The van der Waals surface area contributed by atoms with Crippen molar-refractivity contribution in [2.75, 3.05) is 18.1 Å². The van der Waals surface area contributed by atoms with Gasteiger partial charge in [-0.05, 0) is 103 Å². The fraction of sp³-hybridized carbons (Fsp3) is 0.405. The van der Waals surface area contributed by atoms with Gasteiger partial charge in [-0.1, -0.05) is 56.3 Å². The number of aliphatic hydroxyl groups is 1. The molecule has 2 aromatic heterocycles. The predicted octanol–water partition coefficient (Wildman–Crippen LogP) is 9.11. The summed E-state index contributed by atoms with van der Waals surface area (Å²) in [5, 5.41) is 15.4. The van der Waals surface area contributed by atoms with Crippen LogP contribution in [0.5, 0.6) is 0 Å². The summed E-state index contributed by atoms with van der Waals surface area (Å²) < 4.78 is 32.9. The maximum absolute atomic E-state index is 15.7. The van der Waals surface area contributed by atoms with Crippen LogP contribution in [-0.2, 0) is 25.3 Å². The van der Waals surface area contributed by atoms with Gasteiger partial charge in [0.2, 0.25) is 0 Å². The van der Waals surface area contributed by atoms with E-state index in [9.17, 15) is 5.11 Å². The molecule has 1 atom stereocenters. The van der Waals surface area contributed by atoms with Gasteiger partial charge in [-0.2, -0.15) is 16.9 Å². The van der Waals surface area contributed by atoms with Crippen LogP contribution in [0.25, 0.3) is 22.3 Å². The fourth-order valence-corrected chi connectivity index (χ4v) is 8.78. The van der Waals surface area contributed by atoms with Gasteiger partial charge in [0.1, 0.15) is 11.6 Å². The number of hydrogen-bond acceptors (Lipinski definition) is 5. The normalized spacial score (nSPS) is 19.0. The van der Waals surface area contributed by atoms with E-state index in [2.05, 4.69) is 50.0 Å². The largest absolute Gasteiger partial charge is 0.396 e. The first-order chi connectivity index (χ1) is 22.1. The number of benzene rings is 3. The Morgan fingerprint density at radius 2 is 1.87 bits per heavy atom. The molecule has 3 aromatic carbocycles. The molecule has 6 rings (SSSR count). The summed E-state index contributed by atoms with van der Waals surface area (Å²) in [4.78, 5) is 9.54. The van der Waals surface area contributed by atoms with E-state index in [1.165, 1.54) is 23.4 Å². The lowest BCUT2D eigenvalue weighted by molar-refractivity contribution is 0.288. The molecule has 0 radical (unpaired) electrons. The highest BCUT2D eigenvalue weighted by Crippen LogP contribution is 2.42. The summed E-state index contributed by atoms with van der Waals surface area (Å²) in [5.41, 5.74) is 4.00. The number of fused-ring (bicyclic) bond motifs is 8. The molecule has 1 aliphatic heterocycles. The lowest BCUT2D eigenvalue weighted by atomic mass is 9.75. The Kier molecular flexibility index (Phi) is 9.65. The van der Waals surface area contributed by atoms with Gasteiger partial charge >= 0.3 is 0 Å². The molecule has 5 nitrogen and oxygen atoms in total. The van der Waals surface area contributed by atoms with Crippen molar-refractivity contribution in [1.82, 2.24) is 19.7 Å². The standard InChI is InChI=1S/C37H42F2N4OS2/c1-36(2)15-7-16-37(3,25-10-5-8-24(20-25)9-6-18-44)35-41-34(43(4)42-35)29-21-26(11-12-30(29)38)46-33-28(14-19-45-23-36)27-13-17-40-32(27)22-31(33)39/h5,8,10-13,17,20-22,40,44H,6-7,9,14-16,18-19,23H2,1-4H3/t37-/m1/s1. The molecule has 0 saturated carbocycles. The van der Waals surface area contributed by atoms with Crippen molar-refractivity contribution < 1.29 is 13.9 Å². The van der Waals surface area contributed by atoms with Crippen LogP contribution in [0, 0.1) is 17.0 Å². The molecule has 0 saturated heterocycles. The average molecular weight is 661 g/mol. The molecule has 0 amide bonds. The van der Waals surface area contributed by atoms with E-state index < -0.39 is 11.2 Å². The third-order valence-electron chi connectivity index (χ3n) is 9.23. The van der Waals surface area contributed by atoms with Crippen LogP contribution in [-0.4, -0.2) is 43.0 Å². The van der Waals surface area contributed by atoms with Crippen molar-refractivity contribution in [3.63, 3.8) is 0 Å². The molecule has 242 valence electrons. The van der Waals surface area contributed by atoms with Crippen LogP contribution in [0.3, 0.4) is 0 Å². The first kappa shape index (κ1) is 32.8. The van der Waals surface area contributed by atoms with Crippen LogP contribution in [0.1, 0.15) is 69.0 Å². The van der Waals surface area contributed by atoms with Gasteiger partial charge in [-0.15, -0.1) is 0 Å². The molecule has 0 fully saturated rings. The van der Waals surface area contributed by atoms with Gasteiger partial charge in [0.15, 0.2) is 11.6 Å². The van der Waals surface area contributed by atoms with Crippen LogP contribution >= 0.6 is 23.5 Å². The number of aryl methyl sites for hydroxylation is 3. The van der Waals surface area contributed by atoms with Crippen LogP contribution in [0.2, 0.25) is 0 Å². The number of nitrogens with zero attached hydrogens (tertiary/aromatic N) is 3. The summed E-state index contributed by atoms with van der Waals surface area (Å²) in [6.07, 6.45) is 6.93. The van der Waals surface area contributed by atoms with E-state index in [1.807, 2.05) is 31.1 Å². The third kappa shape index (κ3) is 6.78. The second-order valence-corrected chi connectivity index (χ2v) is 15.6. The molecule has 5 aromatic rings. The SMILES string of the molecule is Cn1nc2nc1-c1cc(ccc1F)Sc1c(F)cc3[nH]ccc3c1CCSCC(C)(C)CCC[C@]2(C)c1cccc(CCCO)c1. The summed E-state index contributed by atoms with van der Waals surface area (Å²) >= 11 is 3.26. The molecule has 3 heterocycles. The summed E-state index contributed by atoms with van der Waals surface area (Å²) in [5.74, 6) is 2.30. The van der Waals surface area contributed by atoms with Crippen molar-refractivity contribution in [2.45, 2.75) is 74.5 Å². The Bertz CT molecular complexity index is 1850. The minimum absolute atomic E-state index is 0.103. The number of aromatic amines is 1. The van der Waals surface area contributed by atoms with Crippen molar-refractivity contribution in [3.8, 4) is 11.4 Å². The number of halogens is 2. The van der Waals surface area contributed by atoms with Crippen LogP contribution < -0.4 is 0 Å². The summed E-state index contributed by atoms with van der Waals surface area (Å²) in [6.45, 7) is 7.00. The van der Waals surface area contributed by atoms with E-state index in [0.717, 1.165) is 70.5 Å². The van der Waals surface area contributed by atoms with Gasteiger partial charge in [-0.3, -0.25) is 0 Å². The topological polar surface area (TPSA) is 66.7 Å². The lowest BCUT2D eigenvalue weighted by Gasteiger charge is -2.30. The molecular weight excluding hydrogens is 619 g/mol. The molecule has 2 N–H and O–H groups in total. The number of rotatable bonds is 4. The molecule has 46 heavy (non-hydrogen) atoms. The first-order valence-electron chi connectivity index (χ1n) is 16.0. The Labute approximate surface area is 278 Å². The highest BCUT2D eigenvalue weighted by atomic mass is 32.2. The van der Waals surface area contributed by atoms with Crippen molar-refractivity contribution in [3.05, 3.63) is 94.9 Å². The van der Waals surface area contributed by atoms with Crippen molar-refractivity contribution in [2.24, 2.45) is 12.5 Å². The number of aliphatic hydroxyl groups excluding tert-OH is 1. The molecule has 0 spiro atoms. The molecular formula is C37H42F2N4OS2. The van der Waals surface area contributed by atoms with Crippen molar-refractivity contribution >= 4 is 34.4 Å². The van der Waals surface area contributed by atoms with Gasteiger partial charge in [0, 0.05) is 35.6 Å². The Balaban J connectivity index is 1.47. The second kappa shape index (κ2) is 13.5. The molecule has 4 bridgehead atoms. The highest BCUT2D eigenvalue weighted by Gasteiger charge is 2.35. The number of aromatic nitrogens is 4. The second-order valence-electron chi connectivity index (χ2n) is 13.4. The van der Waals surface area contributed by atoms with Crippen LogP contribution in [0.15, 0.2) is 70.6 Å². The van der Waals surface area contributed by atoms with Gasteiger partial charge in [-0.25, -0.2) is 18.4 Å². The maximum atomic E-state index is 15.7. The smallest absolute Gasteiger partial charge is 0.161 e. The Hall–Kier alpha value is -3.14. The van der Waals surface area contributed by atoms with Gasteiger partial charge < -0.3 is 10.1 Å². The average Bonchev–Trinajstić information content (AvgIpc) is 3.66. The summed E-state index contributed by atoms with van der Waals surface area (Å²) in [6, 6.07) is 17.0. The fourth-order valence-electron chi connectivity index (χ4n) is 6.55. The number of nitrogens with one attached hydrogen (secondary N) is 1. The van der Waals surface area contributed by atoms with E-state index in [0.29, 0.717) is 28.5 Å². The molecule has 0 unspecified atom stereocenters. The van der Waals surface area contributed by atoms with Gasteiger partial charge in [0.25, 0.3) is 0 Å². The third-order valence-corrected chi connectivity index (χ3v) is 11.8. The van der Waals surface area contributed by atoms with E-state index in [4.69, 9.17) is 10.1 Å². The first-order valence-corrected chi connectivity index (χ1v) is 18.0. The zero-order chi connectivity index (χ0) is 32.5. The van der Waals surface area contributed by atoms with Crippen molar-refractivity contribution in [1.29, 1.82) is 0 Å². The highest BCUT2D eigenvalue weighted by molar-refractivity contribution is 7.99. The predicted molar refractivity (Wildman–Crippen MR) is 186 cm³/mol. The lowest BCUT2D eigenvalue weighted by Crippen LogP contribution is -2.27. The zero-order valence-corrected chi connectivity index (χ0v) is 28.6. The zero-order valence-electron chi connectivity index (χ0n) is 27.0. The minimum atomic E-state index is -0.507. The van der Waals surface area contributed by atoms with E-state index in [1.54, 1.807) is 22.9 Å². The number of H-pyrrole nitrogens is 1. The Morgan fingerprint density at radius 3 is 2.70 bits per heavy atom. The number of hydrogen-bond donors (Lipinski definition) is 2. The monoisotopic (exact) mass is 660 g/mol. The summed E-state index contributed by atoms with van der Waals surface area (Å²) in [7, 11) is 1.81. The maximum Gasteiger partial charge on any atom is 0.161 e. The van der Waals surface area contributed by atoms with Crippen LogP contribution in [0.4, 0.5) is 8.78 Å². The molecule has 9 heteroatoms. The van der Waals surface area contributed by atoms with E-state index in [-0.39, 0.29) is 17.8 Å².